The number of aliphatic hydroxyl groups is 1. The van der Waals surface area contributed by atoms with E-state index in [1.54, 1.807) is 13.0 Å². The molecular weight excluding hydrogens is 276 g/mol. The SMILES string of the molecule is Cc1cc(C(C)(O)CNC(C)c2cccc(C#N)c2)c(C)o1. The lowest BCUT2D eigenvalue weighted by atomic mass is 9.95. The van der Waals surface area contributed by atoms with Crippen molar-refractivity contribution < 1.29 is 9.52 Å². The van der Waals surface area contributed by atoms with Crippen molar-refractivity contribution >= 4 is 0 Å². The summed E-state index contributed by atoms with van der Waals surface area (Å²) >= 11 is 0. The van der Waals surface area contributed by atoms with E-state index in [0.29, 0.717) is 12.1 Å². The first kappa shape index (κ1) is 16.3. The third-order valence-corrected chi connectivity index (χ3v) is 3.89. The van der Waals surface area contributed by atoms with Crippen LogP contribution in [0, 0.1) is 25.2 Å². The lowest BCUT2D eigenvalue weighted by molar-refractivity contribution is 0.0529. The molecule has 1 aromatic carbocycles. The highest BCUT2D eigenvalue weighted by atomic mass is 16.3. The maximum Gasteiger partial charge on any atom is 0.107 e. The van der Waals surface area contributed by atoms with Crippen molar-refractivity contribution in [2.45, 2.75) is 39.3 Å². The Hall–Kier alpha value is -2.09. The summed E-state index contributed by atoms with van der Waals surface area (Å²) in [6.45, 7) is 7.91. The molecule has 0 amide bonds. The van der Waals surface area contributed by atoms with Gasteiger partial charge in [-0.1, -0.05) is 12.1 Å². The smallest absolute Gasteiger partial charge is 0.107 e. The summed E-state index contributed by atoms with van der Waals surface area (Å²) < 4.78 is 5.50. The second-order valence-corrected chi connectivity index (χ2v) is 5.94. The maximum atomic E-state index is 10.7. The molecule has 0 fully saturated rings. The molecule has 2 rings (SSSR count). The molecule has 0 bridgehead atoms. The van der Waals surface area contributed by atoms with Crippen molar-refractivity contribution in [2.24, 2.45) is 0 Å². The van der Waals surface area contributed by atoms with Crippen LogP contribution in [0.3, 0.4) is 0 Å². The van der Waals surface area contributed by atoms with E-state index >= 15 is 0 Å². The van der Waals surface area contributed by atoms with Crippen LogP contribution >= 0.6 is 0 Å². The van der Waals surface area contributed by atoms with Gasteiger partial charge in [0.15, 0.2) is 0 Å². The van der Waals surface area contributed by atoms with Gasteiger partial charge in [0.2, 0.25) is 0 Å². The van der Waals surface area contributed by atoms with E-state index in [4.69, 9.17) is 9.68 Å². The Labute approximate surface area is 131 Å². The molecule has 116 valence electrons. The molecule has 0 spiro atoms. The molecule has 1 heterocycles. The van der Waals surface area contributed by atoms with E-state index < -0.39 is 5.60 Å². The molecule has 0 aliphatic carbocycles. The summed E-state index contributed by atoms with van der Waals surface area (Å²) in [4.78, 5) is 0. The summed E-state index contributed by atoms with van der Waals surface area (Å²) in [7, 11) is 0. The van der Waals surface area contributed by atoms with E-state index in [1.165, 1.54) is 0 Å². The van der Waals surface area contributed by atoms with Crippen molar-refractivity contribution in [1.82, 2.24) is 5.32 Å². The third-order valence-electron chi connectivity index (χ3n) is 3.89. The molecule has 2 atom stereocenters. The molecule has 22 heavy (non-hydrogen) atoms. The summed E-state index contributed by atoms with van der Waals surface area (Å²) in [5.74, 6) is 1.53. The molecule has 2 aromatic rings. The lowest BCUT2D eigenvalue weighted by Crippen LogP contribution is -2.36. The lowest BCUT2D eigenvalue weighted by Gasteiger charge is -2.26. The fourth-order valence-corrected chi connectivity index (χ4v) is 2.61. The van der Waals surface area contributed by atoms with Crippen molar-refractivity contribution in [3.63, 3.8) is 0 Å². The van der Waals surface area contributed by atoms with Crippen LogP contribution in [0.15, 0.2) is 34.7 Å². The van der Waals surface area contributed by atoms with Gasteiger partial charge in [-0.05, 0) is 51.5 Å². The molecule has 2 N–H and O–H groups in total. The predicted molar refractivity (Wildman–Crippen MR) is 85.3 cm³/mol. The Morgan fingerprint density at radius 1 is 1.36 bits per heavy atom. The average molecular weight is 298 g/mol. The highest BCUT2D eigenvalue weighted by Crippen LogP contribution is 2.27. The minimum Gasteiger partial charge on any atom is -0.466 e. The Kier molecular flexibility index (Phi) is 4.70. The van der Waals surface area contributed by atoms with Crippen LogP contribution in [0.1, 0.15) is 48.1 Å². The number of benzene rings is 1. The molecule has 4 nitrogen and oxygen atoms in total. The van der Waals surface area contributed by atoms with Crippen molar-refractivity contribution in [2.75, 3.05) is 6.54 Å². The van der Waals surface area contributed by atoms with Gasteiger partial charge in [0.1, 0.15) is 17.1 Å². The van der Waals surface area contributed by atoms with Gasteiger partial charge in [-0.2, -0.15) is 5.26 Å². The number of nitriles is 1. The minimum absolute atomic E-state index is 0.0353. The molecule has 2 unspecified atom stereocenters. The van der Waals surface area contributed by atoms with Gasteiger partial charge in [0.25, 0.3) is 0 Å². The molecule has 0 saturated heterocycles. The van der Waals surface area contributed by atoms with Crippen molar-refractivity contribution in [1.29, 1.82) is 5.26 Å². The topological polar surface area (TPSA) is 69.2 Å². The Bertz CT molecular complexity index is 695. The van der Waals surface area contributed by atoms with Crippen LogP contribution in [-0.2, 0) is 5.60 Å². The van der Waals surface area contributed by atoms with Crippen LogP contribution in [0.25, 0.3) is 0 Å². The normalized spacial score (nSPS) is 15.1. The molecule has 1 aromatic heterocycles. The van der Waals surface area contributed by atoms with E-state index in [0.717, 1.165) is 22.6 Å². The van der Waals surface area contributed by atoms with Gasteiger partial charge in [-0.3, -0.25) is 0 Å². The first-order valence-electron chi connectivity index (χ1n) is 7.37. The van der Waals surface area contributed by atoms with Gasteiger partial charge in [-0.25, -0.2) is 0 Å². The largest absolute Gasteiger partial charge is 0.466 e. The summed E-state index contributed by atoms with van der Waals surface area (Å²) in [6, 6.07) is 11.5. The van der Waals surface area contributed by atoms with Crippen LogP contribution < -0.4 is 5.32 Å². The van der Waals surface area contributed by atoms with E-state index in [9.17, 15) is 5.11 Å². The van der Waals surface area contributed by atoms with Crippen LogP contribution in [-0.4, -0.2) is 11.7 Å². The predicted octanol–water partition coefficient (Wildman–Crippen LogP) is 3.33. The second kappa shape index (κ2) is 6.35. The van der Waals surface area contributed by atoms with E-state index in [2.05, 4.69) is 11.4 Å². The number of furan rings is 1. The number of hydrogen-bond donors (Lipinski definition) is 2. The van der Waals surface area contributed by atoms with Gasteiger partial charge in [0, 0.05) is 18.2 Å². The van der Waals surface area contributed by atoms with Gasteiger partial charge < -0.3 is 14.8 Å². The fraction of sp³-hybridized carbons (Fsp3) is 0.389. The standard InChI is InChI=1S/C18H22N2O2/c1-12-8-17(14(3)22-12)18(4,21)11-20-13(2)16-7-5-6-15(9-16)10-19/h5-9,13,20-21H,11H2,1-4H3. The zero-order valence-corrected chi connectivity index (χ0v) is 13.5. The molecular formula is C18H22N2O2. The second-order valence-electron chi connectivity index (χ2n) is 5.94. The maximum absolute atomic E-state index is 10.7. The highest BCUT2D eigenvalue weighted by molar-refractivity contribution is 5.34. The zero-order chi connectivity index (χ0) is 16.3. The van der Waals surface area contributed by atoms with E-state index in [-0.39, 0.29) is 6.04 Å². The number of nitrogens with zero attached hydrogens (tertiary/aromatic N) is 1. The first-order chi connectivity index (χ1) is 10.3. The zero-order valence-electron chi connectivity index (χ0n) is 13.5. The third kappa shape index (κ3) is 3.56. The first-order valence-corrected chi connectivity index (χ1v) is 7.37. The van der Waals surface area contributed by atoms with Crippen LogP contribution in [0.2, 0.25) is 0 Å². The molecule has 0 aliphatic rings. The Morgan fingerprint density at radius 3 is 2.68 bits per heavy atom. The number of rotatable bonds is 5. The molecule has 0 aliphatic heterocycles. The van der Waals surface area contributed by atoms with Crippen molar-refractivity contribution in [3.8, 4) is 6.07 Å². The Morgan fingerprint density at radius 2 is 2.09 bits per heavy atom. The Balaban J connectivity index is 2.08. The number of nitrogens with one attached hydrogen (secondary N) is 1. The number of hydrogen-bond acceptors (Lipinski definition) is 4. The average Bonchev–Trinajstić information content (AvgIpc) is 2.84. The quantitative estimate of drug-likeness (QED) is 0.888. The molecule has 4 heteroatoms. The van der Waals surface area contributed by atoms with Crippen LogP contribution in [0.4, 0.5) is 0 Å². The monoisotopic (exact) mass is 298 g/mol. The van der Waals surface area contributed by atoms with Gasteiger partial charge in [0.05, 0.1) is 11.6 Å². The number of aryl methyl sites for hydroxylation is 2. The molecule has 0 radical (unpaired) electrons. The summed E-state index contributed by atoms with van der Waals surface area (Å²) in [5, 5.41) is 23.0. The summed E-state index contributed by atoms with van der Waals surface area (Å²) in [5.41, 5.74) is 1.45. The summed E-state index contributed by atoms with van der Waals surface area (Å²) in [6.07, 6.45) is 0. The van der Waals surface area contributed by atoms with Gasteiger partial charge in [-0.15, -0.1) is 0 Å². The van der Waals surface area contributed by atoms with Crippen LogP contribution in [0.5, 0.6) is 0 Å². The van der Waals surface area contributed by atoms with E-state index in [1.807, 2.05) is 45.0 Å². The fourth-order valence-electron chi connectivity index (χ4n) is 2.61. The minimum atomic E-state index is -1.01. The van der Waals surface area contributed by atoms with Gasteiger partial charge >= 0.3 is 0 Å². The molecule has 0 saturated carbocycles. The highest BCUT2D eigenvalue weighted by Gasteiger charge is 2.28. The van der Waals surface area contributed by atoms with Crippen molar-refractivity contribution in [3.05, 3.63) is 58.5 Å².